The van der Waals surface area contributed by atoms with E-state index < -0.39 is 0 Å². The van der Waals surface area contributed by atoms with Gasteiger partial charge in [-0.25, -0.2) is 9.78 Å². The Balaban J connectivity index is 1.57. The average molecular weight is 248 g/mol. The highest BCUT2D eigenvalue weighted by atomic mass is 16.2. The molecule has 3 heterocycles. The van der Waals surface area contributed by atoms with Gasteiger partial charge in [-0.05, 0) is 45.2 Å². The molecule has 1 N–H and O–H groups in total. The van der Waals surface area contributed by atoms with E-state index in [0.717, 1.165) is 50.0 Å². The summed E-state index contributed by atoms with van der Waals surface area (Å²) in [6.45, 7) is 5.75. The molecule has 2 aliphatic heterocycles. The fourth-order valence-corrected chi connectivity index (χ4v) is 2.95. The van der Waals surface area contributed by atoms with Crippen LogP contribution in [0.15, 0.2) is 6.20 Å². The number of fused-ring (bicyclic) bond motifs is 1. The molecule has 18 heavy (non-hydrogen) atoms. The number of aromatic nitrogens is 2. The molecule has 1 saturated heterocycles. The summed E-state index contributed by atoms with van der Waals surface area (Å²) >= 11 is 0. The first-order valence-corrected chi connectivity index (χ1v) is 6.79. The van der Waals surface area contributed by atoms with E-state index in [-0.39, 0.29) is 6.03 Å². The van der Waals surface area contributed by atoms with Crippen molar-refractivity contribution in [2.75, 3.05) is 19.6 Å². The first kappa shape index (κ1) is 11.7. The third-order valence-corrected chi connectivity index (χ3v) is 4.09. The molecule has 1 aromatic heterocycles. The highest BCUT2D eigenvalue weighted by molar-refractivity contribution is 5.80. The lowest BCUT2D eigenvalue weighted by molar-refractivity contribution is 0.201. The van der Waals surface area contributed by atoms with E-state index in [0.29, 0.717) is 0 Å². The minimum Gasteiger partial charge on any atom is -0.318 e. The molecule has 2 aliphatic rings. The van der Waals surface area contributed by atoms with Gasteiger partial charge in [-0.2, -0.15) is 0 Å². The predicted octanol–water partition coefficient (Wildman–Crippen LogP) is 1.36. The van der Waals surface area contributed by atoms with Crippen LogP contribution in [0.5, 0.6) is 0 Å². The standard InChI is InChI=1S/C13H20N4O/c1-10-15-8-12-9-16(13(18)17(10)12)7-4-11-2-5-14-6-3-11/h8,11,14H,2-7,9H2,1H3. The van der Waals surface area contributed by atoms with Crippen LogP contribution in [0.1, 0.15) is 30.8 Å². The second-order valence-corrected chi connectivity index (χ2v) is 5.32. The molecule has 0 unspecified atom stereocenters. The van der Waals surface area contributed by atoms with Crippen molar-refractivity contribution in [3.8, 4) is 0 Å². The molecule has 0 saturated carbocycles. The summed E-state index contributed by atoms with van der Waals surface area (Å²) in [5.74, 6) is 1.58. The monoisotopic (exact) mass is 248 g/mol. The number of rotatable bonds is 3. The molecule has 5 heteroatoms. The minimum absolute atomic E-state index is 0.105. The molecule has 5 nitrogen and oxygen atoms in total. The molecule has 98 valence electrons. The molecule has 0 bridgehead atoms. The zero-order valence-corrected chi connectivity index (χ0v) is 10.9. The molecular weight excluding hydrogens is 228 g/mol. The van der Waals surface area contributed by atoms with Crippen molar-refractivity contribution in [1.29, 1.82) is 0 Å². The Bertz CT molecular complexity index is 448. The highest BCUT2D eigenvalue weighted by Crippen LogP contribution is 2.21. The van der Waals surface area contributed by atoms with Gasteiger partial charge in [0.1, 0.15) is 5.82 Å². The molecule has 1 aromatic rings. The maximum atomic E-state index is 12.2. The van der Waals surface area contributed by atoms with Crippen molar-refractivity contribution in [3.05, 3.63) is 17.7 Å². The topological polar surface area (TPSA) is 50.2 Å². The summed E-state index contributed by atoms with van der Waals surface area (Å²) in [7, 11) is 0. The summed E-state index contributed by atoms with van der Waals surface area (Å²) in [6.07, 6.45) is 5.44. The lowest BCUT2D eigenvalue weighted by Gasteiger charge is -2.24. The van der Waals surface area contributed by atoms with Crippen LogP contribution >= 0.6 is 0 Å². The van der Waals surface area contributed by atoms with Crippen LogP contribution < -0.4 is 5.32 Å². The van der Waals surface area contributed by atoms with Crippen LogP contribution in [0.4, 0.5) is 4.79 Å². The van der Waals surface area contributed by atoms with Crippen LogP contribution in [-0.4, -0.2) is 40.1 Å². The maximum Gasteiger partial charge on any atom is 0.330 e. The van der Waals surface area contributed by atoms with E-state index in [2.05, 4.69) is 10.3 Å². The van der Waals surface area contributed by atoms with Crippen molar-refractivity contribution in [3.63, 3.8) is 0 Å². The van der Waals surface area contributed by atoms with Crippen molar-refractivity contribution < 1.29 is 4.79 Å². The fraction of sp³-hybridized carbons (Fsp3) is 0.692. The second-order valence-electron chi connectivity index (χ2n) is 5.32. The summed E-state index contributed by atoms with van der Waals surface area (Å²) in [5, 5.41) is 3.38. The molecule has 0 spiro atoms. The summed E-state index contributed by atoms with van der Waals surface area (Å²) in [5.41, 5.74) is 1.03. The minimum atomic E-state index is 0.105. The highest BCUT2D eigenvalue weighted by Gasteiger charge is 2.29. The number of hydrogen-bond acceptors (Lipinski definition) is 3. The molecule has 1 amide bonds. The van der Waals surface area contributed by atoms with Crippen LogP contribution in [0.3, 0.4) is 0 Å². The smallest absolute Gasteiger partial charge is 0.318 e. The summed E-state index contributed by atoms with van der Waals surface area (Å²) in [4.78, 5) is 18.3. The van der Waals surface area contributed by atoms with Gasteiger partial charge < -0.3 is 10.2 Å². The molecule has 3 rings (SSSR count). The summed E-state index contributed by atoms with van der Waals surface area (Å²) in [6, 6.07) is 0.105. The van der Waals surface area contributed by atoms with Crippen LogP contribution in [0.25, 0.3) is 0 Å². The second kappa shape index (κ2) is 4.72. The van der Waals surface area contributed by atoms with Crippen molar-refractivity contribution in [2.45, 2.75) is 32.7 Å². The van der Waals surface area contributed by atoms with Crippen LogP contribution in [0.2, 0.25) is 0 Å². The number of piperidine rings is 1. The van der Waals surface area contributed by atoms with Gasteiger partial charge in [0.15, 0.2) is 0 Å². The van der Waals surface area contributed by atoms with E-state index in [1.807, 2.05) is 18.0 Å². The zero-order chi connectivity index (χ0) is 12.5. The SMILES string of the molecule is Cc1ncc2n1C(=O)N(CCC1CCNCC1)C2. The quantitative estimate of drug-likeness (QED) is 0.879. The largest absolute Gasteiger partial charge is 0.330 e. The number of aryl methyl sites for hydroxylation is 1. The third-order valence-electron chi connectivity index (χ3n) is 4.09. The Labute approximate surface area is 107 Å². The van der Waals surface area contributed by atoms with E-state index in [1.54, 1.807) is 4.57 Å². The Morgan fingerprint density at radius 3 is 2.94 bits per heavy atom. The van der Waals surface area contributed by atoms with E-state index in [4.69, 9.17) is 0 Å². The first-order chi connectivity index (χ1) is 8.75. The third kappa shape index (κ3) is 2.03. The normalized spacial score (nSPS) is 20.5. The molecule has 0 radical (unpaired) electrons. The van der Waals surface area contributed by atoms with Gasteiger partial charge in [-0.15, -0.1) is 0 Å². The number of nitrogens with one attached hydrogen (secondary N) is 1. The number of amides is 1. The zero-order valence-electron chi connectivity index (χ0n) is 10.9. The Kier molecular flexibility index (Phi) is 3.07. The van der Waals surface area contributed by atoms with E-state index in [1.165, 1.54) is 12.8 Å². The van der Waals surface area contributed by atoms with Crippen molar-refractivity contribution in [2.24, 2.45) is 5.92 Å². The van der Waals surface area contributed by atoms with E-state index in [9.17, 15) is 4.79 Å². The first-order valence-electron chi connectivity index (χ1n) is 6.79. The van der Waals surface area contributed by atoms with Gasteiger partial charge in [0.2, 0.25) is 0 Å². The molecule has 1 fully saturated rings. The maximum absolute atomic E-state index is 12.2. The van der Waals surface area contributed by atoms with Crippen LogP contribution in [0, 0.1) is 12.8 Å². The number of hydrogen-bond donors (Lipinski definition) is 1. The van der Waals surface area contributed by atoms with Crippen molar-refractivity contribution in [1.82, 2.24) is 19.8 Å². The Hall–Kier alpha value is -1.36. The van der Waals surface area contributed by atoms with Crippen LogP contribution in [-0.2, 0) is 6.54 Å². The lowest BCUT2D eigenvalue weighted by atomic mass is 9.94. The van der Waals surface area contributed by atoms with E-state index >= 15 is 0 Å². The van der Waals surface area contributed by atoms with Gasteiger partial charge in [-0.1, -0.05) is 0 Å². The molecule has 0 atom stereocenters. The number of nitrogens with zero attached hydrogens (tertiary/aromatic N) is 3. The van der Waals surface area contributed by atoms with Gasteiger partial charge >= 0.3 is 6.03 Å². The van der Waals surface area contributed by atoms with Gasteiger partial charge in [-0.3, -0.25) is 4.57 Å². The predicted molar refractivity (Wildman–Crippen MR) is 68.4 cm³/mol. The van der Waals surface area contributed by atoms with Gasteiger partial charge in [0, 0.05) is 6.54 Å². The number of imidazole rings is 1. The Morgan fingerprint density at radius 1 is 1.44 bits per heavy atom. The van der Waals surface area contributed by atoms with Gasteiger partial charge in [0.05, 0.1) is 18.4 Å². The van der Waals surface area contributed by atoms with Crippen molar-refractivity contribution >= 4 is 6.03 Å². The van der Waals surface area contributed by atoms with Gasteiger partial charge in [0.25, 0.3) is 0 Å². The summed E-state index contributed by atoms with van der Waals surface area (Å²) < 4.78 is 1.74. The molecule has 0 aromatic carbocycles. The lowest BCUT2D eigenvalue weighted by Crippen LogP contribution is -2.32. The molecule has 0 aliphatic carbocycles. The Morgan fingerprint density at radius 2 is 2.22 bits per heavy atom. The molecular formula is C13H20N4O. The average Bonchev–Trinajstić information content (AvgIpc) is 2.90. The number of carbonyl (C=O) groups is 1. The number of carbonyl (C=O) groups excluding carboxylic acids is 1. The fourth-order valence-electron chi connectivity index (χ4n) is 2.95.